The van der Waals surface area contributed by atoms with Crippen LogP contribution in [-0.2, 0) is 6.54 Å². The first-order chi connectivity index (χ1) is 9.79. The van der Waals surface area contributed by atoms with Gasteiger partial charge in [0.2, 0.25) is 5.95 Å². The molecule has 0 radical (unpaired) electrons. The van der Waals surface area contributed by atoms with Gasteiger partial charge in [-0.25, -0.2) is 9.97 Å². The Labute approximate surface area is 115 Å². The van der Waals surface area contributed by atoms with Crippen molar-refractivity contribution in [3.8, 4) is 0 Å². The Hall–Kier alpha value is -1.99. The van der Waals surface area contributed by atoms with Crippen molar-refractivity contribution in [1.29, 1.82) is 0 Å². The average molecular weight is 275 g/mol. The van der Waals surface area contributed by atoms with Crippen LogP contribution in [0.1, 0.15) is 0 Å². The molecule has 2 N–H and O–H groups in total. The SMILES string of the molecule is O=c1c2cnc(N3CCNCC3)nc2ccn1CCO. The monoisotopic (exact) mass is 275 g/mol. The Morgan fingerprint density at radius 1 is 1.35 bits per heavy atom. The number of aliphatic hydroxyl groups excluding tert-OH is 1. The summed E-state index contributed by atoms with van der Waals surface area (Å²) in [5.74, 6) is 0.665. The Balaban J connectivity index is 1.99. The molecule has 2 aromatic rings. The largest absolute Gasteiger partial charge is 0.395 e. The smallest absolute Gasteiger partial charge is 0.261 e. The maximum atomic E-state index is 12.2. The molecule has 7 heteroatoms. The lowest BCUT2D eigenvalue weighted by atomic mass is 10.3. The molecule has 106 valence electrons. The van der Waals surface area contributed by atoms with Crippen molar-refractivity contribution in [2.24, 2.45) is 0 Å². The zero-order valence-electron chi connectivity index (χ0n) is 11.1. The lowest BCUT2D eigenvalue weighted by Gasteiger charge is -2.27. The molecule has 1 aliphatic heterocycles. The summed E-state index contributed by atoms with van der Waals surface area (Å²) in [5, 5.41) is 12.7. The molecule has 3 rings (SSSR count). The third-order valence-electron chi connectivity index (χ3n) is 3.45. The van der Waals surface area contributed by atoms with Crippen LogP contribution in [0.2, 0.25) is 0 Å². The predicted octanol–water partition coefficient (Wildman–Crippen LogP) is -0.807. The molecular weight excluding hydrogens is 258 g/mol. The summed E-state index contributed by atoms with van der Waals surface area (Å²) in [4.78, 5) is 23.0. The summed E-state index contributed by atoms with van der Waals surface area (Å²) in [7, 11) is 0. The third kappa shape index (κ3) is 2.37. The molecule has 0 spiro atoms. The molecule has 2 aromatic heterocycles. The summed E-state index contributed by atoms with van der Waals surface area (Å²) < 4.78 is 1.47. The number of hydrogen-bond acceptors (Lipinski definition) is 6. The number of aliphatic hydroxyl groups is 1. The van der Waals surface area contributed by atoms with Gasteiger partial charge in [-0.2, -0.15) is 0 Å². The molecule has 0 saturated carbocycles. The third-order valence-corrected chi connectivity index (χ3v) is 3.45. The number of fused-ring (bicyclic) bond motifs is 1. The second kappa shape index (κ2) is 5.56. The van der Waals surface area contributed by atoms with Gasteiger partial charge >= 0.3 is 0 Å². The number of nitrogens with one attached hydrogen (secondary N) is 1. The Kier molecular flexibility index (Phi) is 3.62. The Morgan fingerprint density at radius 2 is 2.15 bits per heavy atom. The number of rotatable bonds is 3. The van der Waals surface area contributed by atoms with Crippen LogP contribution in [0.15, 0.2) is 23.3 Å². The van der Waals surface area contributed by atoms with Gasteiger partial charge in [0, 0.05) is 45.1 Å². The first kappa shape index (κ1) is 13.0. The van der Waals surface area contributed by atoms with Crippen molar-refractivity contribution in [1.82, 2.24) is 19.9 Å². The van der Waals surface area contributed by atoms with E-state index >= 15 is 0 Å². The van der Waals surface area contributed by atoms with Crippen LogP contribution in [0.5, 0.6) is 0 Å². The van der Waals surface area contributed by atoms with E-state index in [0.29, 0.717) is 16.9 Å². The molecule has 1 saturated heterocycles. The maximum absolute atomic E-state index is 12.2. The minimum atomic E-state index is -0.164. The molecule has 0 amide bonds. The highest BCUT2D eigenvalue weighted by Gasteiger charge is 2.14. The van der Waals surface area contributed by atoms with Crippen molar-refractivity contribution in [2.75, 3.05) is 37.7 Å². The summed E-state index contributed by atoms with van der Waals surface area (Å²) in [6, 6.07) is 1.79. The fraction of sp³-hybridized carbons (Fsp3) is 0.462. The lowest BCUT2D eigenvalue weighted by Crippen LogP contribution is -2.44. The summed E-state index contributed by atoms with van der Waals surface area (Å²) >= 11 is 0. The number of pyridine rings is 1. The van der Waals surface area contributed by atoms with E-state index in [-0.39, 0.29) is 18.7 Å². The summed E-state index contributed by atoms with van der Waals surface area (Å²) in [6.07, 6.45) is 3.24. The predicted molar refractivity (Wildman–Crippen MR) is 76.0 cm³/mol. The van der Waals surface area contributed by atoms with E-state index in [1.807, 2.05) is 0 Å². The van der Waals surface area contributed by atoms with Crippen LogP contribution in [0.3, 0.4) is 0 Å². The summed E-state index contributed by atoms with van der Waals surface area (Å²) in [5.41, 5.74) is 0.483. The van der Waals surface area contributed by atoms with Gasteiger partial charge in [0.1, 0.15) is 0 Å². The van der Waals surface area contributed by atoms with E-state index in [2.05, 4.69) is 20.2 Å². The molecule has 0 atom stereocenters. The van der Waals surface area contributed by atoms with Gasteiger partial charge in [-0.3, -0.25) is 4.79 Å². The quantitative estimate of drug-likeness (QED) is 0.762. The molecule has 1 fully saturated rings. The number of nitrogens with zero attached hydrogens (tertiary/aromatic N) is 4. The molecule has 7 nitrogen and oxygen atoms in total. The van der Waals surface area contributed by atoms with Crippen molar-refractivity contribution >= 4 is 16.9 Å². The molecule has 0 aromatic carbocycles. The van der Waals surface area contributed by atoms with Crippen LogP contribution in [0.25, 0.3) is 10.9 Å². The number of piperazine rings is 1. The van der Waals surface area contributed by atoms with Gasteiger partial charge in [-0.05, 0) is 6.07 Å². The highest BCUT2D eigenvalue weighted by atomic mass is 16.3. The highest BCUT2D eigenvalue weighted by molar-refractivity contribution is 5.77. The zero-order valence-corrected chi connectivity index (χ0v) is 11.1. The molecule has 3 heterocycles. The van der Waals surface area contributed by atoms with Crippen LogP contribution in [0, 0.1) is 0 Å². The molecule has 20 heavy (non-hydrogen) atoms. The van der Waals surface area contributed by atoms with Gasteiger partial charge in [0.15, 0.2) is 0 Å². The van der Waals surface area contributed by atoms with Gasteiger partial charge < -0.3 is 19.9 Å². The molecule has 0 aliphatic carbocycles. The summed E-state index contributed by atoms with van der Waals surface area (Å²) in [6.45, 7) is 3.79. The zero-order chi connectivity index (χ0) is 13.9. The van der Waals surface area contributed by atoms with Crippen molar-refractivity contribution in [3.05, 3.63) is 28.8 Å². The van der Waals surface area contributed by atoms with Crippen molar-refractivity contribution < 1.29 is 5.11 Å². The second-order valence-corrected chi connectivity index (χ2v) is 4.74. The highest BCUT2D eigenvalue weighted by Crippen LogP contribution is 2.12. The van der Waals surface area contributed by atoms with E-state index in [9.17, 15) is 4.79 Å². The van der Waals surface area contributed by atoms with Gasteiger partial charge in [-0.15, -0.1) is 0 Å². The standard InChI is InChI=1S/C13H17N5O2/c19-8-7-17-4-1-11-10(12(17)20)9-15-13(16-11)18-5-2-14-3-6-18/h1,4,9,14,19H,2-3,5-8H2. The Bertz CT molecular complexity index is 663. The van der Waals surface area contributed by atoms with Gasteiger partial charge in [-0.1, -0.05) is 0 Å². The van der Waals surface area contributed by atoms with Crippen LogP contribution < -0.4 is 15.8 Å². The Morgan fingerprint density at radius 3 is 2.90 bits per heavy atom. The van der Waals surface area contributed by atoms with Crippen LogP contribution >= 0.6 is 0 Å². The van der Waals surface area contributed by atoms with E-state index < -0.39 is 0 Å². The molecular formula is C13H17N5O2. The fourth-order valence-electron chi connectivity index (χ4n) is 2.36. The van der Waals surface area contributed by atoms with Crippen LogP contribution in [0.4, 0.5) is 5.95 Å². The maximum Gasteiger partial charge on any atom is 0.261 e. The molecule has 0 bridgehead atoms. The van der Waals surface area contributed by atoms with E-state index in [1.54, 1.807) is 18.5 Å². The molecule has 0 unspecified atom stereocenters. The first-order valence-corrected chi connectivity index (χ1v) is 6.72. The second-order valence-electron chi connectivity index (χ2n) is 4.74. The van der Waals surface area contributed by atoms with E-state index in [0.717, 1.165) is 26.2 Å². The number of aromatic nitrogens is 3. The van der Waals surface area contributed by atoms with Crippen molar-refractivity contribution in [3.63, 3.8) is 0 Å². The van der Waals surface area contributed by atoms with Gasteiger partial charge in [0.25, 0.3) is 5.56 Å². The number of anilines is 1. The first-order valence-electron chi connectivity index (χ1n) is 6.72. The van der Waals surface area contributed by atoms with E-state index in [1.165, 1.54) is 4.57 Å². The van der Waals surface area contributed by atoms with E-state index in [4.69, 9.17) is 5.11 Å². The lowest BCUT2D eigenvalue weighted by molar-refractivity contribution is 0.274. The fourth-order valence-corrected chi connectivity index (χ4v) is 2.36. The van der Waals surface area contributed by atoms with Gasteiger partial charge in [0.05, 0.1) is 17.5 Å². The van der Waals surface area contributed by atoms with Crippen LogP contribution in [-0.4, -0.2) is 52.4 Å². The molecule has 1 aliphatic rings. The number of hydrogen-bond donors (Lipinski definition) is 2. The average Bonchev–Trinajstić information content (AvgIpc) is 2.51. The minimum absolute atomic E-state index is 0.0644. The minimum Gasteiger partial charge on any atom is -0.395 e. The van der Waals surface area contributed by atoms with Crippen molar-refractivity contribution in [2.45, 2.75) is 6.54 Å². The topological polar surface area (TPSA) is 83.3 Å². The normalized spacial score (nSPS) is 15.8.